The number of morpholine rings is 1. The Kier molecular flexibility index (Phi) is 5.49. The largest absolute Gasteiger partial charge is 0.378 e. The first-order valence-electron chi connectivity index (χ1n) is 8.65. The molecule has 1 amide bonds. The van der Waals surface area contributed by atoms with Crippen LogP contribution in [0.25, 0.3) is 0 Å². The van der Waals surface area contributed by atoms with Crippen molar-refractivity contribution in [3.8, 4) is 0 Å². The molecule has 0 spiro atoms. The number of piperidine rings is 1. The zero-order chi connectivity index (χ0) is 14.5. The number of carbonyl (C=O) groups excluding carboxylic acids is 1. The molecule has 3 rings (SSSR count). The van der Waals surface area contributed by atoms with E-state index in [0.29, 0.717) is 25.5 Å². The van der Waals surface area contributed by atoms with E-state index in [1.165, 1.54) is 45.3 Å². The van der Waals surface area contributed by atoms with Gasteiger partial charge in [0.1, 0.15) is 0 Å². The molecule has 3 fully saturated rings. The molecule has 0 saturated carbocycles. The van der Waals surface area contributed by atoms with E-state index < -0.39 is 0 Å². The summed E-state index contributed by atoms with van der Waals surface area (Å²) in [6.07, 6.45) is 6.03. The zero-order valence-electron chi connectivity index (χ0n) is 13.1. The third-order valence-corrected chi connectivity index (χ3v) is 5.14. The lowest BCUT2D eigenvalue weighted by Crippen LogP contribution is -2.48. The number of ether oxygens (including phenoxy) is 1. The van der Waals surface area contributed by atoms with Crippen LogP contribution in [0.1, 0.15) is 32.1 Å². The maximum absolute atomic E-state index is 12.2. The summed E-state index contributed by atoms with van der Waals surface area (Å²) in [6, 6.07) is 0.736. The molecule has 0 aromatic rings. The Labute approximate surface area is 128 Å². The van der Waals surface area contributed by atoms with E-state index in [1.807, 2.05) is 4.90 Å². The van der Waals surface area contributed by atoms with E-state index in [-0.39, 0.29) is 0 Å². The highest BCUT2D eigenvalue weighted by Crippen LogP contribution is 2.20. The van der Waals surface area contributed by atoms with Crippen LogP contribution in [0, 0.1) is 0 Å². The smallest absolute Gasteiger partial charge is 0.224 e. The minimum absolute atomic E-state index is 0.307. The van der Waals surface area contributed by atoms with Crippen LogP contribution in [0.3, 0.4) is 0 Å². The van der Waals surface area contributed by atoms with Crippen molar-refractivity contribution in [3.63, 3.8) is 0 Å². The van der Waals surface area contributed by atoms with Crippen molar-refractivity contribution in [2.24, 2.45) is 0 Å². The molecule has 3 aliphatic rings. The first-order chi connectivity index (χ1) is 10.3. The predicted molar refractivity (Wildman–Crippen MR) is 82.3 cm³/mol. The Hall–Kier alpha value is -0.650. The summed E-state index contributed by atoms with van der Waals surface area (Å²) >= 11 is 0. The van der Waals surface area contributed by atoms with E-state index >= 15 is 0 Å². The van der Waals surface area contributed by atoms with Gasteiger partial charge < -0.3 is 14.5 Å². The van der Waals surface area contributed by atoms with Crippen LogP contribution in [-0.2, 0) is 9.53 Å². The second kappa shape index (κ2) is 7.56. The Balaban J connectivity index is 1.40. The van der Waals surface area contributed by atoms with Gasteiger partial charge in [0, 0.05) is 38.6 Å². The lowest BCUT2D eigenvalue weighted by Gasteiger charge is -2.37. The van der Waals surface area contributed by atoms with Crippen LogP contribution >= 0.6 is 0 Å². The fraction of sp³-hybridized carbons (Fsp3) is 0.938. The topological polar surface area (TPSA) is 36.0 Å². The van der Waals surface area contributed by atoms with E-state index in [0.717, 1.165) is 32.2 Å². The molecule has 5 nitrogen and oxygen atoms in total. The first kappa shape index (κ1) is 15.3. The van der Waals surface area contributed by atoms with Gasteiger partial charge in [0.15, 0.2) is 0 Å². The molecule has 1 unspecified atom stereocenters. The number of hydrogen-bond donors (Lipinski definition) is 0. The van der Waals surface area contributed by atoms with Crippen molar-refractivity contribution in [1.82, 2.24) is 14.7 Å². The summed E-state index contributed by atoms with van der Waals surface area (Å²) in [5, 5.41) is 0. The normalized spacial score (nSPS) is 29.0. The standard InChI is InChI=1S/C16H29N3O2/c20-16(19-10-12-21-13-11-19)5-9-17-6-3-4-15(14-17)18-7-1-2-8-18/h15H,1-14H2. The molecule has 0 bridgehead atoms. The fourth-order valence-corrected chi connectivity index (χ4v) is 3.86. The maximum atomic E-state index is 12.2. The van der Waals surface area contributed by atoms with Crippen LogP contribution < -0.4 is 0 Å². The SMILES string of the molecule is O=C(CCN1CCCC(N2CCCC2)C1)N1CCOCC1. The van der Waals surface area contributed by atoms with Crippen molar-refractivity contribution in [1.29, 1.82) is 0 Å². The van der Waals surface area contributed by atoms with Crippen molar-refractivity contribution in [3.05, 3.63) is 0 Å². The molecule has 21 heavy (non-hydrogen) atoms. The molecule has 0 N–H and O–H groups in total. The monoisotopic (exact) mass is 295 g/mol. The second-order valence-corrected chi connectivity index (χ2v) is 6.58. The van der Waals surface area contributed by atoms with Crippen LogP contribution in [0.15, 0.2) is 0 Å². The molecule has 0 aromatic carbocycles. The molecule has 0 radical (unpaired) electrons. The molecule has 1 atom stereocenters. The van der Waals surface area contributed by atoms with Crippen LogP contribution in [-0.4, -0.2) is 85.7 Å². The Morgan fingerprint density at radius 1 is 1.00 bits per heavy atom. The highest BCUT2D eigenvalue weighted by atomic mass is 16.5. The predicted octanol–water partition coefficient (Wildman–Crippen LogP) is 0.796. The van der Waals surface area contributed by atoms with Crippen molar-refractivity contribution in [2.75, 3.05) is 59.0 Å². The van der Waals surface area contributed by atoms with Gasteiger partial charge in [0.25, 0.3) is 0 Å². The quantitative estimate of drug-likeness (QED) is 0.768. The number of likely N-dealkylation sites (tertiary alicyclic amines) is 2. The molecule has 0 aliphatic carbocycles. The maximum Gasteiger partial charge on any atom is 0.224 e. The highest BCUT2D eigenvalue weighted by Gasteiger charge is 2.27. The molecule has 0 aromatic heterocycles. The average Bonchev–Trinajstić information content (AvgIpc) is 3.08. The molecule has 3 saturated heterocycles. The summed E-state index contributed by atoms with van der Waals surface area (Å²) in [5.74, 6) is 0.307. The molecule has 5 heteroatoms. The van der Waals surface area contributed by atoms with Gasteiger partial charge in [-0.2, -0.15) is 0 Å². The van der Waals surface area contributed by atoms with Gasteiger partial charge in [-0.15, -0.1) is 0 Å². The van der Waals surface area contributed by atoms with E-state index in [9.17, 15) is 4.79 Å². The third kappa shape index (κ3) is 4.18. The Bertz CT molecular complexity index is 338. The molecular weight excluding hydrogens is 266 g/mol. The van der Waals surface area contributed by atoms with Crippen molar-refractivity contribution < 1.29 is 9.53 Å². The number of nitrogens with zero attached hydrogens (tertiary/aromatic N) is 3. The zero-order valence-corrected chi connectivity index (χ0v) is 13.1. The van der Waals surface area contributed by atoms with Gasteiger partial charge in [-0.3, -0.25) is 9.69 Å². The van der Waals surface area contributed by atoms with E-state index in [1.54, 1.807) is 0 Å². The van der Waals surface area contributed by atoms with Gasteiger partial charge in [-0.1, -0.05) is 0 Å². The summed E-state index contributed by atoms with van der Waals surface area (Å²) in [5.41, 5.74) is 0. The van der Waals surface area contributed by atoms with Gasteiger partial charge in [0.2, 0.25) is 5.91 Å². The minimum Gasteiger partial charge on any atom is -0.378 e. The van der Waals surface area contributed by atoms with E-state index in [4.69, 9.17) is 4.74 Å². The summed E-state index contributed by atoms with van der Waals surface area (Å²) in [6.45, 7) is 8.78. The first-order valence-corrected chi connectivity index (χ1v) is 8.65. The molecular formula is C16H29N3O2. The lowest BCUT2D eigenvalue weighted by molar-refractivity contribution is -0.135. The van der Waals surface area contributed by atoms with Crippen LogP contribution in [0.4, 0.5) is 0 Å². The second-order valence-electron chi connectivity index (χ2n) is 6.58. The lowest BCUT2D eigenvalue weighted by atomic mass is 10.0. The van der Waals surface area contributed by atoms with E-state index in [2.05, 4.69) is 9.80 Å². The van der Waals surface area contributed by atoms with Crippen LogP contribution in [0.2, 0.25) is 0 Å². The van der Waals surface area contributed by atoms with Crippen molar-refractivity contribution in [2.45, 2.75) is 38.1 Å². The van der Waals surface area contributed by atoms with Gasteiger partial charge >= 0.3 is 0 Å². The molecule has 3 heterocycles. The Morgan fingerprint density at radius 2 is 1.76 bits per heavy atom. The number of amides is 1. The Morgan fingerprint density at radius 3 is 2.52 bits per heavy atom. The summed E-state index contributed by atoms with van der Waals surface area (Å²) < 4.78 is 5.31. The highest BCUT2D eigenvalue weighted by molar-refractivity contribution is 5.76. The van der Waals surface area contributed by atoms with Gasteiger partial charge in [0.05, 0.1) is 13.2 Å². The summed E-state index contributed by atoms with van der Waals surface area (Å²) in [4.78, 5) is 19.3. The molecule has 120 valence electrons. The minimum atomic E-state index is 0.307. The average molecular weight is 295 g/mol. The fourth-order valence-electron chi connectivity index (χ4n) is 3.86. The number of hydrogen-bond acceptors (Lipinski definition) is 4. The van der Waals surface area contributed by atoms with Crippen LogP contribution in [0.5, 0.6) is 0 Å². The van der Waals surface area contributed by atoms with Gasteiger partial charge in [-0.25, -0.2) is 0 Å². The molecule has 3 aliphatic heterocycles. The summed E-state index contributed by atoms with van der Waals surface area (Å²) in [7, 11) is 0. The van der Waals surface area contributed by atoms with Crippen molar-refractivity contribution >= 4 is 5.91 Å². The third-order valence-electron chi connectivity index (χ3n) is 5.14. The number of rotatable bonds is 4. The van der Waals surface area contributed by atoms with Gasteiger partial charge in [-0.05, 0) is 45.3 Å². The number of carbonyl (C=O) groups is 1.